The van der Waals surface area contributed by atoms with Crippen LogP contribution in [0.15, 0.2) is 48.7 Å². The van der Waals surface area contributed by atoms with Gasteiger partial charge < -0.3 is 15.4 Å². The van der Waals surface area contributed by atoms with Crippen LogP contribution in [0.4, 0.5) is 16.2 Å². The summed E-state index contributed by atoms with van der Waals surface area (Å²) in [5.74, 6) is 0.522. The van der Waals surface area contributed by atoms with Crippen LogP contribution in [0.5, 0.6) is 5.88 Å². The Balaban J connectivity index is 1.85. The molecule has 22 heavy (non-hydrogen) atoms. The first-order valence-corrected chi connectivity index (χ1v) is 7.50. The number of benzene rings is 1. The van der Waals surface area contributed by atoms with Gasteiger partial charge in [-0.05, 0) is 24.6 Å². The van der Waals surface area contributed by atoms with Gasteiger partial charge in [-0.25, -0.2) is 9.78 Å². The van der Waals surface area contributed by atoms with Gasteiger partial charge in [0.2, 0.25) is 5.88 Å². The minimum Gasteiger partial charge on any atom is -0.478 e. The lowest BCUT2D eigenvalue weighted by molar-refractivity contribution is 0.262. The zero-order valence-corrected chi connectivity index (χ0v) is 12.7. The molecule has 0 bridgehead atoms. The average Bonchev–Trinajstić information content (AvgIpc) is 2.53. The molecule has 0 aliphatic rings. The second-order valence-corrected chi connectivity index (χ2v) is 4.88. The van der Waals surface area contributed by atoms with Gasteiger partial charge in [-0.1, -0.05) is 38.0 Å². The van der Waals surface area contributed by atoms with Crippen LogP contribution in [0.3, 0.4) is 0 Å². The van der Waals surface area contributed by atoms with Crippen molar-refractivity contribution in [1.82, 2.24) is 4.98 Å². The monoisotopic (exact) mass is 299 g/mol. The molecule has 0 spiro atoms. The summed E-state index contributed by atoms with van der Waals surface area (Å²) in [6, 6.07) is 12.4. The second-order valence-electron chi connectivity index (χ2n) is 4.88. The fourth-order valence-electron chi connectivity index (χ4n) is 1.91. The van der Waals surface area contributed by atoms with E-state index in [9.17, 15) is 4.79 Å². The molecule has 2 N–H and O–H groups in total. The van der Waals surface area contributed by atoms with Crippen molar-refractivity contribution in [1.29, 1.82) is 0 Å². The van der Waals surface area contributed by atoms with Crippen LogP contribution < -0.4 is 15.4 Å². The molecule has 2 rings (SSSR count). The van der Waals surface area contributed by atoms with Crippen molar-refractivity contribution in [3.8, 4) is 5.88 Å². The molecule has 2 aromatic rings. The molecule has 5 heteroatoms. The van der Waals surface area contributed by atoms with E-state index in [2.05, 4.69) is 22.5 Å². The average molecular weight is 299 g/mol. The Morgan fingerprint density at radius 1 is 1.09 bits per heavy atom. The Morgan fingerprint density at radius 3 is 2.64 bits per heavy atom. The number of hydrogen-bond acceptors (Lipinski definition) is 3. The van der Waals surface area contributed by atoms with Crippen LogP contribution in [0.1, 0.15) is 26.2 Å². The number of hydrogen-bond donors (Lipinski definition) is 2. The lowest BCUT2D eigenvalue weighted by Gasteiger charge is -2.09. The normalized spacial score (nSPS) is 10.0. The Morgan fingerprint density at radius 2 is 1.86 bits per heavy atom. The fourth-order valence-corrected chi connectivity index (χ4v) is 1.91. The van der Waals surface area contributed by atoms with Crippen LogP contribution in [0.25, 0.3) is 0 Å². The van der Waals surface area contributed by atoms with Gasteiger partial charge in [-0.3, -0.25) is 0 Å². The molecule has 1 aromatic heterocycles. The number of ether oxygens (including phenoxy) is 1. The van der Waals surface area contributed by atoms with Crippen LogP contribution >= 0.6 is 0 Å². The molecule has 0 aliphatic carbocycles. The fraction of sp³-hybridized carbons (Fsp3) is 0.294. The van der Waals surface area contributed by atoms with E-state index in [4.69, 9.17) is 4.74 Å². The highest BCUT2D eigenvalue weighted by Crippen LogP contribution is 2.15. The predicted molar refractivity (Wildman–Crippen MR) is 88.3 cm³/mol. The van der Waals surface area contributed by atoms with E-state index in [1.54, 1.807) is 18.3 Å². The number of nitrogens with zero attached hydrogens (tertiary/aromatic N) is 1. The van der Waals surface area contributed by atoms with E-state index in [0.29, 0.717) is 18.2 Å². The van der Waals surface area contributed by atoms with E-state index in [1.807, 2.05) is 30.3 Å². The van der Waals surface area contributed by atoms with Crippen LogP contribution in [-0.2, 0) is 0 Å². The number of aromatic nitrogens is 1. The third kappa shape index (κ3) is 5.44. The molecule has 1 aromatic carbocycles. The minimum atomic E-state index is -0.297. The summed E-state index contributed by atoms with van der Waals surface area (Å²) in [6.07, 6.45) is 4.91. The number of urea groups is 1. The molecule has 0 saturated heterocycles. The Kier molecular flexibility index (Phi) is 6.23. The molecule has 116 valence electrons. The molecule has 0 saturated carbocycles. The molecule has 0 aliphatic heterocycles. The van der Waals surface area contributed by atoms with E-state index in [0.717, 1.165) is 24.9 Å². The molecule has 0 radical (unpaired) electrons. The first-order chi connectivity index (χ1) is 10.8. The number of rotatable bonds is 7. The number of carbonyl (C=O) groups excluding carboxylic acids is 1. The Bertz CT molecular complexity index is 587. The number of unbranched alkanes of at least 4 members (excludes halogenated alkanes) is 2. The van der Waals surface area contributed by atoms with Gasteiger partial charge in [0.15, 0.2) is 0 Å². The zero-order chi connectivity index (χ0) is 15.6. The molecular weight excluding hydrogens is 278 g/mol. The SMILES string of the molecule is CCCCCOc1cc(NC(=O)Nc2ccccc2)ccn1. The first-order valence-electron chi connectivity index (χ1n) is 7.50. The summed E-state index contributed by atoms with van der Waals surface area (Å²) in [4.78, 5) is 16.0. The highest BCUT2D eigenvalue weighted by Gasteiger charge is 2.04. The molecule has 0 atom stereocenters. The number of nitrogens with one attached hydrogen (secondary N) is 2. The molecule has 2 amide bonds. The quantitative estimate of drug-likeness (QED) is 0.749. The summed E-state index contributed by atoms with van der Waals surface area (Å²) in [5, 5.41) is 5.52. The number of anilines is 2. The molecular formula is C17H21N3O2. The van der Waals surface area contributed by atoms with Crippen molar-refractivity contribution in [2.24, 2.45) is 0 Å². The van der Waals surface area contributed by atoms with Gasteiger partial charge in [0.25, 0.3) is 0 Å². The topological polar surface area (TPSA) is 63.2 Å². The Labute approximate surface area is 130 Å². The minimum absolute atomic E-state index is 0.297. The van der Waals surface area contributed by atoms with Crippen molar-refractivity contribution < 1.29 is 9.53 Å². The second kappa shape index (κ2) is 8.67. The third-order valence-corrected chi connectivity index (χ3v) is 3.02. The first kappa shape index (κ1) is 15.8. The van der Waals surface area contributed by atoms with E-state index < -0.39 is 0 Å². The van der Waals surface area contributed by atoms with Crippen LogP contribution in [-0.4, -0.2) is 17.6 Å². The molecule has 0 fully saturated rings. The van der Waals surface area contributed by atoms with E-state index >= 15 is 0 Å². The number of pyridine rings is 1. The summed E-state index contributed by atoms with van der Waals surface area (Å²) in [5.41, 5.74) is 1.39. The number of para-hydroxylation sites is 1. The Hall–Kier alpha value is -2.56. The van der Waals surface area contributed by atoms with E-state index in [1.165, 1.54) is 0 Å². The van der Waals surface area contributed by atoms with Crippen molar-refractivity contribution >= 4 is 17.4 Å². The van der Waals surface area contributed by atoms with Gasteiger partial charge in [0.1, 0.15) is 0 Å². The van der Waals surface area contributed by atoms with Crippen molar-refractivity contribution in [3.05, 3.63) is 48.7 Å². The number of carbonyl (C=O) groups is 1. The van der Waals surface area contributed by atoms with Crippen molar-refractivity contribution in [2.45, 2.75) is 26.2 Å². The summed E-state index contributed by atoms with van der Waals surface area (Å²) >= 11 is 0. The third-order valence-electron chi connectivity index (χ3n) is 3.02. The smallest absolute Gasteiger partial charge is 0.323 e. The largest absolute Gasteiger partial charge is 0.478 e. The predicted octanol–water partition coefficient (Wildman–Crippen LogP) is 4.29. The van der Waals surface area contributed by atoms with E-state index in [-0.39, 0.29) is 6.03 Å². The van der Waals surface area contributed by atoms with Gasteiger partial charge in [-0.15, -0.1) is 0 Å². The van der Waals surface area contributed by atoms with Crippen LogP contribution in [0.2, 0.25) is 0 Å². The zero-order valence-electron chi connectivity index (χ0n) is 12.7. The van der Waals surface area contributed by atoms with Gasteiger partial charge in [0.05, 0.1) is 6.61 Å². The van der Waals surface area contributed by atoms with Gasteiger partial charge >= 0.3 is 6.03 Å². The van der Waals surface area contributed by atoms with Gasteiger partial charge in [-0.2, -0.15) is 0 Å². The maximum Gasteiger partial charge on any atom is 0.323 e. The maximum atomic E-state index is 11.9. The van der Waals surface area contributed by atoms with Gasteiger partial charge in [0, 0.05) is 23.6 Å². The number of amides is 2. The molecule has 0 unspecified atom stereocenters. The van der Waals surface area contributed by atoms with Crippen molar-refractivity contribution in [3.63, 3.8) is 0 Å². The van der Waals surface area contributed by atoms with Crippen molar-refractivity contribution in [2.75, 3.05) is 17.2 Å². The lowest BCUT2D eigenvalue weighted by atomic mass is 10.3. The van der Waals surface area contributed by atoms with Crippen LogP contribution in [0, 0.1) is 0 Å². The lowest BCUT2D eigenvalue weighted by Crippen LogP contribution is -2.19. The summed E-state index contributed by atoms with van der Waals surface area (Å²) in [6.45, 7) is 2.79. The summed E-state index contributed by atoms with van der Waals surface area (Å²) in [7, 11) is 0. The summed E-state index contributed by atoms with van der Waals surface area (Å²) < 4.78 is 5.57. The highest BCUT2D eigenvalue weighted by atomic mass is 16.5. The highest BCUT2D eigenvalue weighted by molar-refractivity contribution is 5.99. The standard InChI is InChI=1S/C17H21N3O2/c1-2-3-7-12-22-16-13-15(10-11-18-16)20-17(21)19-14-8-5-4-6-9-14/h4-6,8-11,13H,2-3,7,12H2,1H3,(H2,18,19,20,21). The maximum absolute atomic E-state index is 11.9. The molecule has 1 heterocycles. The molecule has 5 nitrogen and oxygen atoms in total.